The van der Waals surface area contributed by atoms with E-state index in [4.69, 9.17) is 21.7 Å². The third kappa shape index (κ3) is 3.12. The van der Waals surface area contributed by atoms with E-state index in [1.54, 1.807) is 0 Å². The number of nitrogens with two attached hydrogens (primary N) is 2. The maximum atomic E-state index is 11.1. The van der Waals surface area contributed by atoms with Crippen molar-refractivity contribution in [3.8, 4) is 0 Å². The summed E-state index contributed by atoms with van der Waals surface area (Å²) in [7, 11) is 0. The van der Waals surface area contributed by atoms with Crippen molar-refractivity contribution in [2.75, 3.05) is 0 Å². The molecule has 0 aliphatic heterocycles. The largest absolute Gasteiger partial charge is 0.481 e. The molecule has 2 rings (SSSR count). The van der Waals surface area contributed by atoms with Crippen molar-refractivity contribution in [2.45, 2.75) is 50.6 Å². The van der Waals surface area contributed by atoms with Crippen molar-refractivity contribution in [2.24, 2.45) is 35.1 Å². The lowest BCUT2D eigenvalue weighted by atomic mass is 9.66. The SMILES string of the molecule is NC1CC(C2CCC(C(=O)O)C(N)C2)CCC1C(=O)O. The summed E-state index contributed by atoms with van der Waals surface area (Å²) in [4.78, 5) is 22.1. The van der Waals surface area contributed by atoms with E-state index in [0.29, 0.717) is 37.5 Å². The molecular weight excluding hydrogens is 260 g/mol. The highest BCUT2D eigenvalue weighted by Crippen LogP contribution is 2.40. The Morgan fingerprint density at radius 1 is 0.750 bits per heavy atom. The third-order valence-corrected chi connectivity index (χ3v) is 5.18. The molecule has 6 atom stereocenters. The van der Waals surface area contributed by atoms with Gasteiger partial charge in [-0.25, -0.2) is 0 Å². The van der Waals surface area contributed by atoms with Gasteiger partial charge in [-0.15, -0.1) is 0 Å². The Bertz CT molecular complexity index is 351. The van der Waals surface area contributed by atoms with E-state index in [9.17, 15) is 9.59 Å². The molecule has 2 aliphatic carbocycles. The van der Waals surface area contributed by atoms with Gasteiger partial charge in [-0.1, -0.05) is 0 Å². The summed E-state index contributed by atoms with van der Waals surface area (Å²) in [5.74, 6) is -1.70. The molecule has 0 aromatic heterocycles. The van der Waals surface area contributed by atoms with Crippen LogP contribution in [0.15, 0.2) is 0 Å². The van der Waals surface area contributed by atoms with Crippen LogP contribution in [0.25, 0.3) is 0 Å². The summed E-state index contributed by atoms with van der Waals surface area (Å²) in [5, 5.41) is 18.2. The molecule has 2 saturated carbocycles. The van der Waals surface area contributed by atoms with Gasteiger partial charge >= 0.3 is 11.9 Å². The topological polar surface area (TPSA) is 127 Å². The molecule has 0 spiro atoms. The fourth-order valence-electron chi connectivity index (χ4n) is 3.95. The minimum Gasteiger partial charge on any atom is -0.481 e. The highest BCUT2D eigenvalue weighted by molar-refractivity contribution is 5.71. The van der Waals surface area contributed by atoms with Crippen LogP contribution in [0, 0.1) is 23.7 Å². The second-order valence-corrected chi connectivity index (χ2v) is 6.36. The van der Waals surface area contributed by atoms with E-state index in [1.165, 1.54) is 0 Å². The van der Waals surface area contributed by atoms with Gasteiger partial charge in [0.25, 0.3) is 0 Å². The van der Waals surface area contributed by atoms with E-state index in [2.05, 4.69) is 0 Å². The number of carbonyl (C=O) groups is 2. The zero-order valence-electron chi connectivity index (χ0n) is 11.6. The minimum absolute atomic E-state index is 0.292. The molecule has 2 fully saturated rings. The Balaban J connectivity index is 1.91. The fourth-order valence-corrected chi connectivity index (χ4v) is 3.95. The highest BCUT2D eigenvalue weighted by Gasteiger charge is 2.40. The first-order chi connectivity index (χ1) is 9.40. The molecule has 0 aromatic carbocycles. The first-order valence-corrected chi connectivity index (χ1v) is 7.37. The van der Waals surface area contributed by atoms with Gasteiger partial charge in [-0.05, 0) is 50.4 Å². The molecule has 6 unspecified atom stereocenters. The predicted molar refractivity (Wildman–Crippen MR) is 72.9 cm³/mol. The third-order valence-electron chi connectivity index (χ3n) is 5.18. The molecule has 6 N–H and O–H groups in total. The van der Waals surface area contributed by atoms with Gasteiger partial charge in [0.05, 0.1) is 11.8 Å². The van der Waals surface area contributed by atoms with Crippen molar-refractivity contribution >= 4 is 11.9 Å². The van der Waals surface area contributed by atoms with Gasteiger partial charge in [0.15, 0.2) is 0 Å². The average Bonchev–Trinajstić information content (AvgIpc) is 2.37. The van der Waals surface area contributed by atoms with Crippen molar-refractivity contribution in [1.82, 2.24) is 0 Å². The number of rotatable bonds is 3. The van der Waals surface area contributed by atoms with Crippen LogP contribution in [0.3, 0.4) is 0 Å². The normalized spacial score (nSPS) is 42.1. The number of hydrogen-bond donors (Lipinski definition) is 4. The molecule has 0 heterocycles. The molecule has 0 saturated heterocycles. The summed E-state index contributed by atoms with van der Waals surface area (Å²) >= 11 is 0. The molecule has 2 aliphatic rings. The summed E-state index contributed by atoms with van der Waals surface area (Å²) in [6, 6.07) is -0.584. The van der Waals surface area contributed by atoms with Crippen molar-refractivity contribution in [3.63, 3.8) is 0 Å². The Kier molecular flexibility index (Phi) is 4.65. The zero-order valence-corrected chi connectivity index (χ0v) is 11.6. The molecule has 0 radical (unpaired) electrons. The second kappa shape index (κ2) is 6.10. The van der Waals surface area contributed by atoms with Crippen LogP contribution in [0.4, 0.5) is 0 Å². The number of hydrogen-bond acceptors (Lipinski definition) is 4. The smallest absolute Gasteiger partial charge is 0.308 e. The van der Waals surface area contributed by atoms with Crippen LogP contribution >= 0.6 is 0 Å². The van der Waals surface area contributed by atoms with Crippen molar-refractivity contribution in [3.05, 3.63) is 0 Å². The van der Waals surface area contributed by atoms with Crippen LogP contribution < -0.4 is 11.5 Å². The van der Waals surface area contributed by atoms with Crippen LogP contribution in [0.2, 0.25) is 0 Å². The lowest BCUT2D eigenvalue weighted by Crippen LogP contribution is -2.46. The van der Waals surface area contributed by atoms with E-state index in [1.807, 2.05) is 0 Å². The van der Waals surface area contributed by atoms with Gasteiger partial charge in [0.1, 0.15) is 0 Å². The zero-order chi connectivity index (χ0) is 14.9. The summed E-state index contributed by atoms with van der Waals surface area (Å²) in [6.07, 6.45) is 4.39. The first-order valence-electron chi connectivity index (χ1n) is 7.37. The fraction of sp³-hybridized carbons (Fsp3) is 0.857. The average molecular weight is 284 g/mol. The molecular formula is C14H24N2O4. The molecule has 20 heavy (non-hydrogen) atoms. The molecule has 0 amide bonds. The molecule has 6 nitrogen and oxygen atoms in total. The van der Waals surface area contributed by atoms with E-state index >= 15 is 0 Å². The Hall–Kier alpha value is -1.14. The van der Waals surface area contributed by atoms with Gasteiger partial charge in [0, 0.05) is 12.1 Å². The standard InChI is InChI=1S/C14H24N2O4/c15-11-5-7(1-3-9(11)13(17)18)8-2-4-10(14(19)20)12(16)6-8/h7-12H,1-6,15-16H2,(H,17,18)(H,19,20). The second-order valence-electron chi connectivity index (χ2n) is 6.36. The van der Waals surface area contributed by atoms with Gasteiger partial charge < -0.3 is 21.7 Å². The van der Waals surface area contributed by atoms with Crippen LogP contribution in [-0.2, 0) is 9.59 Å². The van der Waals surface area contributed by atoms with Crippen molar-refractivity contribution in [1.29, 1.82) is 0 Å². The quantitative estimate of drug-likeness (QED) is 0.602. The first kappa shape index (κ1) is 15.3. The number of carboxylic acids is 2. The van der Waals surface area contributed by atoms with E-state index in [0.717, 1.165) is 12.8 Å². The highest BCUT2D eigenvalue weighted by atomic mass is 16.4. The number of carboxylic acid groups (broad SMARTS) is 2. The Labute approximate surface area is 118 Å². The molecule has 0 aromatic rings. The molecule has 6 heteroatoms. The van der Waals surface area contributed by atoms with Gasteiger partial charge in [0.2, 0.25) is 0 Å². The maximum Gasteiger partial charge on any atom is 0.308 e. The van der Waals surface area contributed by atoms with Crippen molar-refractivity contribution < 1.29 is 19.8 Å². The summed E-state index contributed by atoms with van der Waals surface area (Å²) in [5.41, 5.74) is 12.0. The monoisotopic (exact) mass is 284 g/mol. The van der Waals surface area contributed by atoms with Crippen LogP contribution in [0.1, 0.15) is 38.5 Å². The lowest BCUT2D eigenvalue weighted by molar-refractivity contribution is -0.146. The van der Waals surface area contributed by atoms with Crippen LogP contribution in [0.5, 0.6) is 0 Å². The predicted octanol–water partition coefficient (Wildman–Crippen LogP) is 0.643. The maximum absolute atomic E-state index is 11.1. The lowest BCUT2D eigenvalue weighted by Gasteiger charge is -2.40. The Morgan fingerprint density at radius 2 is 1.10 bits per heavy atom. The molecule has 0 bridgehead atoms. The van der Waals surface area contributed by atoms with Gasteiger partial charge in [-0.3, -0.25) is 9.59 Å². The molecule has 114 valence electrons. The number of aliphatic carboxylic acids is 2. The van der Waals surface area contributed by atoms with Crippen LogP contribution in [-0.4, -0.2) is 34.2 Å². The van der Waals surface area contributed by atoms with E-state index in [-0.39, 0.29) is 12.1 Å². The van der Waals surface area contributed by atoms with Gasteiger partial charge in [-0.2, -0.15) is 0 Å². The summed E-state index contributed by atoms with van der Waals surface area (Å²) < 4.78 is 0. The summed E-state index contributed by atoms with van der Waals surface area (Å²) in [6.45, 7) is 0. The minimum atomic E-state index is -0.803. The Morgan fingerprint density at radius 3 is 1.35 bits per heavy atom. The van der Waals surface area contributed by atoms with E-state index < -0.39 is 23.8 Å².